The number of hydrogen-bond acceptors (Lipinski definition) is 5. The van der Waals surface area contributed by atoms with E-state index in [1.807, 2.05) is 11.9 Å². The van der Waals surface area contributed by atoms with Gasteiger partial charge in [-0.15, -0.1) is 0 Å². The first-order valence-corrected chi connectivity index (χ1v) is 11.1. The fourth-order valence-electron chi connectivity index (χ4n) is 3.43. The first-order chi connectivity index (χ1) is 14.9. The molecule has 3 aromatic rings. The van der Waals surface area contributed by atoms with Gasteiger partial charge < -0.3 is 10.0 Å². The van der Waals surface area contributed by atoms with Gasteiger partial charge in [0.05, 0.1) is 17.6 Å². The molecule has 0 amide bonds. The molecule has 0 unspecified atom stereocenters. The Hall–Kier alpha value is -2.54. The van der Waals surface area contributed by atoms with E-state index in [0.29, 0.717) is 11.0 Å². The summed E-state index contributed by atoms with van der Waals surface area (Å²) in [4.78, 5) is 20.8. The maximum atomic E-state index is 12.2. The van der Waals surface area contributed by atoms with Gasteiger partial charge in [0.25, 0.3) is 0 Å². The van der Waals surface area contributed by atoms with Gasteiger partial charge in [0, 0.05) is 25.8 Å². The van der Waals surface area contributed by atoms with Crippen LogP contribution in [0.4, 0.5) is 0 Å². The van der Waals surface area contributed by atoms with Crippen molar-refractivity contribution in [3.63, 3.8) is 0 Å². The van der Waals surface area contributed by atoms with Gasteiger partial charge in [-0.05, 0) is 70.1 Å². The van der Waals surface area contributed by atoms with Crippen LogP contribution in [0.5, 0.6) is 5.75 Å². The van der Waals surface area contributed by atoms with Gasteiger partial charge in [0.15, 0.2) is 5.78 Å². The molecule has 3 rings (SSSR count). The summed E-state index contributed by atoms with van der Waals surface area (Å²) < 4.78 is 0.607. The first kappa shape index (κ1) is 23.1. The normalized spacial score (nSPS) is 11.8. The third-order valence-corrected chi connectivity index (χ3v) is 5.74. The molecule has 3 aromatic carbocycles. The zero-order valence-corrected chi connectivity index (χ0v) is 19.5. The molecule has 162 valence electrons. The molecule has 0 bridgehead atoms. The summed E-state index contributed by atoms with van der Waals surface area (Å²) in [5.74, 6) is 0.258. The fourth-order valence-corrected chi connectivity index (χ4v) is 3.82. The highest BCUT2D eigenvalue weighted by Crippen LogP contribution is 2.23. The molecule has 0 radical (unpaired) electrons. The van der Waals surface area contributed by atoms with E-state index in [1.165, 1.54) is 16.3 Å². The number of aliphatic imine (C=N–C) groups is 1. The van der Waals surface area contributed by atoms with Crippen LogP contribution in [0.1, 0.15) is 11.1 Å². The number of phenols is 1. The molecule has 1 N–H and O–H groups in total. The SMILES string of the molecule is CN(CCN(C)Cc1cccc2ccccc12)CC(=O)CN=Cc1ccc(O)c(Br)c1. The molecule has 5 nitrogen and oxygen atoms in total. The minimum absolute atomic E-state index is 0.0771. The summed E-state index contributed by atoms with van der Waals surface area (Å²) >= 11 is 3.27. The van der Waals surface area contributed by atoms with Crippen LogP contribution in [0.25, 0.3) is 10.8 Å². The van der Waals surface area contributed by atoms with Crippen LogP contribution in [-0.4, -0.2) is 67.2 Å². The summed E-state index contributed by atoms with van der Waals surface area (Å²) in [6.07, 6.45) is 1.65. The highest BCUT2D eigenvalue weighted by Gasteiger charge is 2.09. The van der Waals surface area contributed by atoms with E-state index >= 15 is 0 Å². The van der Waals surface area contributed by atoms with Gasteiger partial charge in [0.2, 0.25) is 0 Å². The summed E-state index contributed by atoms with van der Waals surface area (Å²) in [5.41, 5.74) is 2.15. The van der Waals surface area contributed by atoms with Crippen molar-refractivity contribution >= 4 is 38.7 Å². The van der Waals surface area contributed by atoms with Crippen molar-refractivity contribution in [1.29, 1.82) is 0 Å². The molecular formula is C25H28BrN3O2. The number of Topliss-reactive ketones (excluding diaryl/α,β-unsaturated/α-hetero) is 1. The van der Waals surface area contributed by atoms with Gasteiger partial charge >= 0.3 is 0 Å². The number of likely N-dealkylation sites (N-methyl/N-ethyl adjacent to an activating group) is 2. The van der Waals surface area contributed by atoms with Gasteiger partial charge in [-0.1, -0.05) is 42.5 Å². The van der Waals surface area contributed by atoms with E-state index in [1.54, 1.807) is 24.4 Å². The third kappa shape index (κ3) is 6.99. The number of carbonyl (C=O) groups is 1. The highest BCUT2D eigenvalue weighted by molar-refractivity contribution is 9.10. The van der Waals surface area contributed by atoms with Crippen LogP contribution in [0, 0.1) is 0 Å². The fraction of sp³-hybridized carbons (Fsp3) is 0.280. The topological polar surface area (TPSA) is 56.1 Å². The Labute approximate surface area is 192 Å². The Morgan fingerprint density at radius 3 is 2.58 bits per heavy atom. The second kappa shape index (κ2) is 11.2. The number of ketones is 1. The van der Waals surface area contributed by atoms with Crippen LogP contribution in [0.3, 0.4) is 0 Å². The van der Waals surface area contributed by atoms with Crippen molar-refractivity contribution in [2.45, 2.75) is 6.54 Å². The molecule has 0 heterocycles. The molecular weight excluding hydrogens is 454 g/mol. The minimum atomic E-state index is 0.0771. The minimum Gasteiger partial charge on any atom is -0.507 e. The molecule has 0 aliphatic heterocycles. The summed E-state index contributed by atoms with van der Waals surface area (Å²) in [5, 5.41) is 12.1. The molecule has 0 saturated heterocycles. The van der Waals surface area contributed by atoms with Gasteiger partial charge in [-0.2, -0.15) is 0 Å². The predicted molar refractivity (Wildman–Crippen MR) is 131 cm³/mol. The van der Waals surface area contributed by atoms with Gasteiger partial charge in [-0.25, -0.2) is 0 Å². The van der Waals surface area contributed by atoms with E-state index in [9.17, 15) is 9.90 Å². The van der Waals surface area contributed by atoms with Crippen molar-refractivity contribution < 1.29 is 9.90 Å². The summed E-state index contributed by atoms with van der Waals surface area (Å²) in [6.45, 7) is 3.07. The first-order valence-electron chi connectivity index (χ1n) is 10.3. The predicted octanol–water partition coefficient (Wildman–Crippen LogP) is 4.36. The molecule has 6 heteroatoms. The number of phenolic OH excluding ortho intramolecular Hbond substituents is 1. The van der Waals surface area contributed by atoms with E-state index in [-0.39, 0.29) is 18.1 Å². The lowest BCUT2D eigenvalue weighted by molar-refractivity contribution is -0.118. The zero-order chi connectivity index (χ0) is 22.2. The van der Waals surface area contributed by atoms with Crippen molar-refractivity contribution in [3.8, 4) is 5.75 Å². The van der Waals surface area contributed by atoms with Crippen LogP contribution in [0.15, 0.2) is 70.1 Å². The van der Waals surface area contributed by atoms with E-state index in [4.69, 9.17) is 0 Å². The second-order valence-corrected chi connectivity index (χ2v) is 8.69. The van der Waals surface area contributed by atoms with Crippen LogP contribution >= 0.6 is 15.9 Å². The number of rotatable bonds is 10. The van der Waals surface area contributed by atoms with E-state index in [2.05, 4.69) is 75.3 Å². The van der Waals surface area contributed by atoms with E-state index < -0.39 is 0 Å². The Balaban J connectivity index is 1.42. The van der Waals surface area contributed by atoms with Crippen LogP contribution < -0.4 is 0 Å². The molecule has 0 aromatic heterocycles. The number of nitrogens with zero attached hydrogens (tertiary/aromatic N) is 3. The quantitative estimate of drug-likeness (QED) is 0.437. The van der Waals surface area contributed by atoms with Crippen LogP contribution in [-0.2, 0) is 11.3 Å². The maximum absolute atomic E-state index is 12.2. The number of aromatic hydroxyl groups is 1. The molecule has 0 fully saturated rings. The van der Waals surface area contributed by atoms with Crippen LogP contribution in [0.2, 0.25) is 0 Å². The summed E-state index contributed by atoms with van der Waals surface area (Å²) in [7, 11) is 4.07. The van der Waals surface area contributed by atoms with Gasteiger partial charge in [-0.3, -0.25) is 14.7 Å². The van der Waals surface area contributed by atoms with Crippen molar-refractivity contribution in [2.24, 2.45) is 4.99 Å². The molecule has 0 saturated carbocycles. The molecule has 31 heavy (non-hydrogen) atoms. The number of halogens is 1. The van der Waals surface area contributed by atoms with Crippen molar-refractivity contribution in [1.82, 2.24) is 9.80 Å². The third-order valence-electron chi connectivity index (χ3n) is 5.11. The molecule has 0 spiro atoms. The summed E-state index contributed by atoms with van der Waals surface area (Å²) in [6, 6.07) is 20.0. The smallest absolute Gasteiger partial charge is 0.168 e. The Morgan fingerprint density at radius 2 is 1.77 bits per heavy atom. The largest absolute Gasteiger partial charge is 0.507 e. The average Bonchev–Trinajstić information content (AvgIpc) is 2.75. The lowest BCUT2D eigenvalue weighted by Gasteiger charge is -2.22. The second-order valence-electron chi connectivity index (χ2n) is 7.83. The molecule has 0 atom stereocenters. The number of fused-ring (bicyclic) bond motifs is 1. The van der Waals surface area contributed by atoms with Crippen molar-refractivity contribution in [3.05, 3.63) is 76.3 Å². The molecule has 0 aliphatic carbocycles. The number of benzene rings is 3. The Morgan fingerprint density at radius 1 is 1.03 bits per heavy atom. The number of hydrogen-bond donors (Lipinski definition) is 1. The Bertz CT molecular complexity index is 1060. The lowest BCUT2D eigenvalue weighted by Crippen LogP contribution is -2.34. The molecule has 0 aliphatic rings. The van der Waals surface area contributed by atoms with Crippen molar-refractivity contribution in [2.75, 3.05) is 40.3 Å². The number of carbonyl (C=O) groups excluding carboxylic acids is 1. The van der Waals surface area contributed by atoms with Gasteiger partial charge in [0.1, 0.15) is 5.75 Å². The Kier molecular flexibility index (Phi) is 8.35. The average molecular weight is 482 g/mol. The zero-order valence-electron chi connectivity index (χ0n) is 18.0. The standard InChI is InChI=1S/C25H28BrN3O2/c1-28(17-21-8-5-7-20-6-3-4-9-23(20)21)12-13-29(2)18-22(30)16-27-15-19-10-11-25(31)24(26)14-19/h3-11,14-15,31H,12-13,16-18H2,1-2H3. The van der Waals surface area contributed by atoms with E-state index in [0.717, 1.165) is 25.2 Å². The lowest BCUT2D eigenvalue weighted by atomic mass is 10.0. The highest BCUT2D eigenvalue weighted by atomic mass is 79.9. The maximum Gasteiger partial charge on any atom is 0.168 e. The monoisotopic (exact) mass is 481 g/mol.